The van der Waals surface area contributed by atoms with Gasteiger partial charge in [0.25, 0.3) is 0 Å². The zero-order chi connectivity index (χ0) is 19.7. The van der Waals surface area contributed by atoms with Crippen LogP contribution in [0.5, 0.6) is 0 Å². The Hall–Kier alpha value is -3.73. The van der Waals surface area contributed by atoms with Crippen molar-refractivity contribution in [2.24, 2.45) is 0 Å². The molecule has 29 heavy (non-hydrogen) atoms. The molecule has 0 aliphatic rings. The van der Waals surface area contributed by atoms with Gasteiger partial charge < -0.3 is 10.2 Å². The maximum absolute atomic E-state index is 4.84. The largest absolute Gasteiger partial charge is 0.366 e. The normalized spacial score (nSPS) is 10.5. The first-order chi connectivity index (χ1) is 14.4. The highest BCUT2D eigenvalue weighted by Crippen LogP contribution is 2.19. The molecule has 4 rings (SSSR count). The van der Waals surface area contributed by atoms with Gasteiger partial charge in [0.05, 0.1) is 24.5 Å². The van der Waals surface area contributed by atoms with E-state index >= 15 is 0 Å². The first-order valence-electron chi connectivity index (χ1n) is 9.66. The Balaban J connectivity index is 1.54. The minimum atomic E-state index is 0.659. The van der Waals surface area contributed by atoms with Gasteiger partial charge >= 0.3 is 0 Å². The molecule has 1 aromatic carbocycles. The van der Waals surface area contributed by atoms with Gasteiger partial charge in [-0.05, 0) is 42.0 Å². The molecule has 0 saturated heterocycles. The highest BCUT2D eigenvalue weighted by Gasteiger charge is 2.12. The van der Waals surface area contributed by atoms with E-state index in [1.807, 2.05) is 85.2 Å². The van der Waals surface area contributed by atoms with Crippen LogP contribution in [0, 0.1) is 0 Å². The molecule has 144 valence electrons. The SMILES string of the molecule is c1ccc(CNc2cccc(N(Cc3ccccn3)Cc3ccccn3)n2)cc1. The number of aromatic nitrogens is 3. The van der Waals surface area contributed by atoms with E-state index in [9.17, 15) is 0 Å². The van der Waals surface area contributed by atoms with Crippen molar-refractivity contribution in [2.45, 2.75) is 19.6 Å². The minimum Gasteiger partial charge on any atom is -0.366 e. The molecule has 5 heteroatoms. The monoisotopic (exact) mass is 381 g/mol. The van der Waals surface area contributed by atoms with Crippen LogP contribution < -0.4 is 10.2 Å². The van der Waals surface area contributed by atoms with Gasteiger partial charge in [0.2, 0.25) is 0 Å². The molecular weight excluding hydrogens is 358 g/mol. The number of nitrogens with one attached hydrogen (secondary N) is 1. The summed E-state index contributed by atoms with van der Waals surface area (Å²) in [5, 5.41) is 3.41. The lowest BCUT2D eigenvalue weighted by Crippen LogP contribution is -2.24. The number of hydrogen-bond acceptors (Lipinski definition) is 5. The second kappa shape index (κ2) is 9.46. The lowest BCUT2D eigenvalue weighted by atomic mass is 10.2. The van der Waals surface area contributed by atoms with E-state index in [1.54, 1.807) is 0 Å². The van der Waals surface area contributed by atoms with Crippen molar-refractivity contribution in [2.75, 3.05) is 10.2 Å². The fraction of sp³-hybridized carbons (Fsp3) is 0.125. The molecule has 0 fully saturated rings. The van der Waals surface area contributed by atoms with Crippen LogP contribution in [-0.2, 0) is 19.6 Å². The van der Waals surface area contributed by atoms with Gasteiger partial charge in [-0.15, -0.1) is 0 Å². The summed E-state index contributed by atoms with van der Waals surface area (Å²) in [6, 6.07) is 28.3. The van der Waals surface area contributed by atoms with Crippen molar-refractivity contribution in [1.82, 2.24) is 15.0 Å². The molecule has 0 saturated carbocycles. The van der Waals surface area contributed by atoms with Crippen molar-refractivity contribution in [3.05, 3.63) is 114 Å². The summed E-state index contributed by atoms with van der Waals surface area (Å²) in [6.45, 7) is 2.05. The third kappa shape index (κ3) is 5.39. The number of anilines is 2. The molecule has 0 unspecified atom stereocenters. The summed E-state index contributed by atoms with van der Waals surface area (Å²) in [5.41, 5.74) is 3.21. The Morgan fingerprint density at radius 2 is 1.31 bits per heavy atom. The zero-order valence-corrected chi connectivity index (χ0v) is 16.1. The second-order valence-electron chi connectivity index (χ2n) is 6.72. The molecule has 0 aliphatic carbocycles. The van der Waals surface area contributed by atoms with Crippen molar-refractivity contribution < 1.29 is 0 Å². The van der Waals surface area contributed by atoms with Gasteiger partial charge in [-0.25, -0.2) is 4.98 Å². The molecule has 0 spiro atoms. The van der Waals surface area contributed by atoms with Gasteiger partial charge in [-0.3, -0.25) is 9.97 Å². The molecule has 4 aromatic rings. The van der Waals surface area contributed by atoms with Crippen LogP contribution in [0.4, 0.5) is 11.6 Å². The molecule has 0 bridgehead atoms. The Labute approximate surface area is 171 Å². The standard InChI is InChI=1S/C24H23N5/c1-2-9-20(10-3-1)17-27-23-13-8-14-24(28-23)29(18-21-11-4-6-15-25-21)19-22-12-5-7-16-26-22/h1-16H,17-19H2,(H,27,28). The van der Waals surface area contributed by atoms with Crippen LogP contribution in [0.25, 0.3) is 0 Å². The van der Waals surface area contributed by atoms with Crippen LogP contribution in [-0.4, -0.2) is 15.0 Å². The molecule has 0 radical (unpaired) electrons. The number of rotatable bonds is 8. The molecule has 0 amide bonds. The number of nitrogens with zero attached hydrogens (tertiary/aromatic N) is 4. The van der Waals surface area contributed by atoms with Crippen molar-refractivity contribution in [3.63, 3.8) is 0 Å². The molecular formula is C24H23N5. The van der Waals surface area contributed by atoms with Gasteiger partial charge in [0.15, 0.2) is 0 Å². The Kier molecular flexibility index (Phi) is 6.08. The third-order valence-corrected chi connectivity index (χ3v) is 4.53. The first-order valence-corrected chi connectivity index (χ1v) is 9.66. The first kappa shape index (κ1) is 18.6. The van der Waals surface area contributed by atoms with Crippen molar-refractivity contribution in [3.8, 4) is 0 Å². The molecule has 1 N–H and O–H groups in total. The maximum atomic E-state index is 4.84. The molecule has 3 heterocycles. The van der Waals surface area contributed by atoms with Crippen molar-refractivity contribution in [1.29, 1.82) is 0 Å². The van der Waals surface area contributed by atoms with E-state index in [0.717, 1.165) is 29.6 Å². The molecule has 0 aliphatic heterocycles. The van der Waals surface area contributed by atoms with Gasteiger partial charge in [-0.2, -0.15) is 0 Å². The van der Waals surface area contributed by atoms with Gasteiger partial charge in [0.1, 0.15) is 11.6 Å². The molecule has 5 nitrogen and oxygen atoms in total. The van der Waals surface area contributed by atoms with E-state index in [-0.39, 0.29) is 0 Å². The number of pyridine rings is 3. The summed E-state index contributed by atoms with van der Waals surface area (Å²) >= 11 is 0. The van der Waals surface area contributed by atoms with E-state index in [1.165, 1.54) is 5.56 Å². The number of benzene rings is 1. The quantitative estimate of drug-likeness (QED) is 0.480. The maximum Gasteiger partial charge on any atom is 0.131 e. The Bertz CT molecular complexity index is 965. The van der Waals surface area contributed by atoms with E-state index < -0.39 is 0 Å². The smallest absolute Gasteiger partial charge is 0.131 e. The summed E-state index contributed by atoms with van der Waals surface area (Å²) < 4.78 is 0. The third-order valence-electron chi connectivity index (χ3n) is 4.53. The van der Waals surface area contributed by atoms with Gasteiger partial charge in [-0.1, -0.05) is 48.5 Å². The van der Waals surface area contributed by atoms with Gasteiger partial charge in [0, 0.05) is 18.9 Å². The minimum absolute atomic E-state index is 0.659. The van der Waals surface area contributed by atoms with Crippen LogP contribution in [0.15, 0.2) is 97.3 Å². The predicted molar refractivity (Wildman–Crippen MR) is 116 cm³/mol. The Morgan fingerprint density at radius 3 is 1.93 bits per heavy atom. The van der Waals surface area contributed by atoms with E-state index in [4.69, 9.17) is 4.98 Å². The van der Waals surface area contributed by atoms with E-state index in [0.29, 0.717) is 13.1 Å². The zero-order valence-electron chi connectivity index (χ0n) is 16.1. The predicted octanol–water partition coefficient (Wildman–Crippen LogP) is 4.69. The summed E-state index contributed by atoms with van der Waals surface area (Å²) in [5.74, 6) is 1.73. The van der Waals surface area contributed by atoms with E-state index in [2.05, 4.69) is 32.3 Å². The van der Waals surface area contributed by atoms with Crippen LogP contribution in [0.3, 0.4) is 0 Å². The van der Waals surface area contributed by atoms with Crippen LogP contribution in [0.2, 0.25) is 0 Å². The van der Waals surface area contributed by atoms with Crippen molar-refractivity contribution >= 4 is 11.6 Å². The van der Waals surface area contributed by atoms with Crippen LogP contribution >= 0.6 is 0 Å². The lowest BCUT2D eigenvalue weighted by molar-refractivity contribution is 0.752. The molecule has 3 aromatic heterocycles. The topological polar surface area (TPSA) is 53.9 Å². The Morgan fingerprint density at radius 1 is 0.655 bits per heavy atom. The summed E-state index contributed by atoms with van der Waals surface area (Å²) in [4.78, 5) is 16.0. The number of hydrogen-bond donors (Lipinski definition) is 1. The highest BCUT2D eigenvalue weighted by molar-refractivity contribution is 5.48. The lowest BCUT2D eigenvalue weighted by Gasteiger charge is -2.23. The summed E-state index contributed by atoms with van der Waals surface area (Å²) in [6.07, 6.45) is 3.64. The summed E-state index contributed by atoms with van der Waals surface area (Å²) in [7, 11) is 0. The molecule has 0 atom stereocenters. The second-order valence-corrected chi connectivity index (χ2v) is 6.72. The van der Waals surface area contributed by atoms with Crippen LogP contribution in [0.1, 0.15) is 17.0 Å². The fourth-order valence-electron chi connectivity index (χ4n) is 3.08. The average Bonchev–Trinajstić information content (AvgIpc) is 2.80. The average molecular weight is 381 g/mol. The fourth-order valence-corrected chi connectivity index (χ4v) is 3.08. The highest BCUT2D eigenvalue weighted by atomic mass is 15.2.